The summed E-state index contributed by atoms with van der Waals surface area (Å²) in [5.41, 5.74) is 0. The van der Waals surface area contributed by atoms with Gasteiger partial charge in [0.05, 0.1) is 0 Å². The second-order valence-electron chi connectivity index (χ2n) is 2.46. The van der Waals surface area contributed by atoms with Gasteiger partial charge in [-0.1, -0.05) is 0 Å². The first kappa shape index (κ1) is 18.2. The molecular weight excluding hydrogens is 320 g/mol. The van der Waals surface area contributed by atoms with E-state index in [1.165, 1.54) is 30.3 Å². The van der Waals surface area contributed by atoms with E-state index < -0.39 is 15.9 Å². The molecule has 0 aliphatic carbocycles. The van der Waals surface area contributed by atoms with Gasteiger partial charge in [0.2, 0.25) is 0 Å². The summed E-state index contributed by atoms with van der Waals surface area (Å²) in [5, 5.41) is 0. The number of hydrogen-bond donors (Lipinski definition) is 0. The average molecular weight is 339 g/mol. The third-order valence-corrected chi connectivity index (χ3v) is 18.5. The van der Waals surface area contributed by atoms with E-state index in [4.69, 9.17) is 26.6 Å². The quantitative estimate of drug-likeness (QED) is 0.438. The fourth-order valence-electron chi connectivity index (χ4n) is 0.804. The van der Waals surface area contributed by atoms with Gasteiger partial charge in [0.15, 0.2) is 0 Å². The average Bonchev–Trinajstić information content (AvgIpc) is 2.41. The van der Waals surface area contributed by atoms with Crippen LogP contribution in [-0.4, -0.2) is 58.6 Å². The Bertz CT molecular complexity index is 168. The highest BCUT2D eigenvalue weighted by molar-refractivity contribution is 9.18. The molecule has 0 aliphatic rings. The lowest BCUT2D eigenvalue weighted by molar-refractivity contribution is 0.152. The largest absolute Gasteiger partial charge is 0.584 e. The number of hydrogen-bond acceptors (Lipinski definition) is 9. The van der Waals surface area contributed by atoms with E-state index in [1.807, 2.05) is 0 Å². The van der Waals surface area contributed by atoms with Crippen LogP contribution < -0.4 is 0 Å². The van der Waals surface area contributed by atoms with Gasteiger partial charge in [0.1, 0.15) is 0 Å². The minimum absolute atomic E-state index is 1.39. The van der Waals surface area contributed by atoms with E-state index in [0.29, 0.717) is 0 Å². The molecule has 0 spiro atoms. The third-order valence-electron chi connectivity index (χ3n) is 1.77. The summed E-state index contributed by atoms with van der Waals surface area (Å²) >= 11 is 0. The summed E-state index contributed by atoms with van der Waals surface area (Å²) < 4.78 is 31.6. The van der Waals surface area contributed by atoms with Crippen LogP contribution in [0.5, 0.6) is 0 Å². The van der Waals surface area contributed by atoms with Crippen LogP contribution in [0.25, 0.3) is 0 Å². The summed E-state index contributed by atoms with van der Waals surface area (Å²) in [6, 6.07) is 0. The van der Waals surface area contributed by atoms with Gasteiger partial charge in [-0.15, -0.1) is 0 Å². The predicted molar refractivity (Wildman–Crippen MR) is 76.3 cm³/mol. The summed E-state index contributed by atoms with van der Waals surface area (Å²) in [5.74, 6) is 0. The Balaban J connectivity index is 4.28. The molecule has 6 nitrogen and oxygen atoms in total. The normalized spacial score (nSPS) is 13.1. The molecule has 0 aromatic rings. The predicted octanol–water partition coefficient (Wildman–Crippen LogP) is 1.77. The van der Waals surface area contributed by atoms with E-state index in [0.717, 1.165) is 0 Å². The van der Waals surface area contributed by atoms with Crippen LogP contribution in [0.1, 0.15) is 0 Å². The molecule has 0 radical (unpaired) electrons. The molecule has 0 N–H and O–H groups in total. The van der Waals surface area contributed by atoms with Crippen molar-refractivity contribution in [3.63, 3.8) is 0 Å². The molecule has 0 aromatic carbocycles. The SMILES string of the molecule is CO[Si](OC)(OC)SSS[Si](OC)(OC)OC. The fourth-order valence-corrected chi connectivity index (χ4v) is 17.9. The van der Waals surface area contributed by atoms with Gasteiger partial charge < -0.3 is 26.6 Å². The van der Waals surface area contributed by atoms with Crippen LogP contribution in [0.15, 0.2) is 0 Å². The minimum atomic E-state index is -2.64. The maximum atomic E-state index is 5.27. The maximum absolute atomic E-state index is 5.27. The van der Waals surface area contributed by atoms with Crippen molar-refractivity contribution in [2.45, 2.75) is 0 Å². The molecule has 0 bridgehead atoms. The van der Waals surface area contributed by atoms with E-state index in [9.17, 15) is 0 Å². The molecule has 17 heavy (non-hydrogen) atoms. The first-order chi connectivity index (χ1) is 8.07. The third kappa shape index (κ3) is 5.40. The van der Waals surface area contributed by atoms with Crippen molar-refractivity contribution < 1.29 is 26.6 Å². The highest BCUT2D eigenvalue weighted by Crippen LogP contribution is 2.46. The van der Waals surface area contributed by atoms with Crippen LogP contribution in [0.4, 0.5) is 0 Å². The van der Waals surface area contributed by atoms with Crippen LogP contribution in [0, 0.1) is 0 Å². The Kier molecular flexibility index (Phi) is 9.87. The monoisotopic (exact) mass is 338 g/mol. The molecule has 0 unspecified atom stereocenters. The second-order valence-corrected chi connectivity index (χ2v) is 16.0. The van der Waals surface area contributed by atoms with Gasteiger partial charge in [0.25, 0.3) is 0 Å². The van der Waals surface area contributed by atoms with Crippen molar-refractivity contribution >= 4 is 46.2 Å². The van der Waals surface area contributed by atoms with Crippen molar-refractivity contribution in [3.8, 4) is 0 Å². The molecular formula is C6H18O6S3Si2. The fraction of sp³-hybridized carbons (Fsp3) is 1.00. The lowest BCUT2D eigenvalue weighted by atomic mass is 11.8. The van der Waals surface area contributed by atoms with Gasteiger partial charge >= 0.3 is 15.9 Å². The Hall–Kier alpha value is 1.24. The molecule has 0 atom stereocenters. The van der Waals surface area contributed by atoms with E-state index in [1.54, 1.807) is 42.7 Å². The lowest BCUT2D eigenvalue weighted by Gasteiger charge is -2.25. The molecule has 0 aromatic heterocycles. The molecule has 0 aliphatic heterocycles. The summed E-state index contributed by atoms with van der Waals surface area (Å²) in [7, 11) is 8.28. The van der Waals surface area contributed by atoms with Gasteiger partial charge in [-0.25, -0.2) is 0 Å². The van der Waals surface area contributed by atoms with E-state index in [-0.39, 0.29) is 0 Å². The zero-order valence-corrected chi connectivity index (χ0v) is 15.1. The van der Waals surface area contributed by atoms with Crippen LogP contribution in [0.3, 0.4) is 0 Å². The summed E-state index contributed by atoms with van der Waals surface area (Å²) in [4.78, 5) is 0. The topological polar surface area (TPSA) is 55.4 Å². The maximum Gasteiger partial charge on any atom is 0.584 e. The highest BCUT2D eigenvalue weighted by Gasteiger charge is 2.45. The van der Waals surface area contributed by atoms with Crippen molar-refractivity contribution in [1.29, 1.82) is 0 Å². The molecule has 0 amide bonds. The summed E-state index contributed by atoms with van der Waals surface area (Å²) in [6.07, 6.45) is 0. The van der Waals surface area contributed by atoms with Crippen molar-refractivity contribution in [1.82, 2.24) is 0 Å². The Labute approximate surface area is 115 Å². The van der Waals surface area contributed by atoms with Gasteiger partial charge in [0, 0.05) is 42.7 Å². The zero-order chi connectivity index (χ0) is 13.4. The molecule has 0 fully saturated rings. The van der Waals surface area contributed by atoms with Gasteiger partial charge in [-0.05, 0) is 30.3 Å². The van der Waals surface area contributed by atoms with E-state index in [2.05, 4.69) is 0 Å². The van der Waals surface area contributed by atoms with Crippen molar-refractivity contribution in [2.24, 2.45) is 0 Å². The first-order valence-corrected chi connectivity index (χ1v) is 12.8. The lowest BCUT2D eigenvalue weighted by Crippen LogP contribution is -2.40. The van der Waals surface area contributed by atoms with Crippen molar-refractivity contribution in [3.05, 3.63) is 0 Å². The summed E-state index contributed by atoms with van der Waals surface area (Å²) in [6.45, 7) is 0. The molecule has 0 rings (SSSR count). The zero-order valence-electron chi connectivity index (χ0n) is 10.7. The highest BCUT2D eigenvalue weighted by atomic mass is 33.6. The molecule has 0 saturated carbocycles. The van der Waals surface area contributed by atoms with Gasteiger partial charge in [-0.2, -0.15) is 0 Å². The molecule has 0 heterocycles. The second kappa shape index (κ2) is 9.20. The van der Waals surface area contributed by atoms with Crippen LogP contribution in [-0.2, 0) is 26.6 Å². The Morgan fingerprint density at radius 3 is 0.941 bits per heavy atom. The van der Waals surface area contributed by atoms with Crippen LogP contribution >= 0.6 is 30.3 Å². The molecule has 104 valence electrons. The Morgan fingerprint density at radius 1 is 0.529 bits per heavy atom. The number of rotatable bonds is 10. The van der Waals surface area contributed by atoms with Gasteiger partial charge in [-0.3, -0.25) is 0 Å². The Morgan fingerprint density at radius 2 is 0.765 bits per heavy atom. The minimum Gasteiger partial charge on any atom is -0.368 e. The van der Waals surface area contributed by atoms with Crippen LogP contribution in [0.2, 0.25) is 0 Å². The standard InChI is InChI=1S/C6H18O6S3Si2/c1-7-16(8-2,9-3)14-13-15-17(10-4,11-5)12-6/h1-6H3. The smallest absolute Gasteiger partial charge is 0.368 e. The molecule has 11 heteroatoms. The first-order valence-electron chi connectivity index (χ1n) is 4.42. The van der Waals surface area contributed by atoms with Crippen molar-refractivity contribution in [2.75, 3.05) is 42.7 Å². The van der Waals surface area contributed by atoms with E-state index >= 15 is 0 Å². The molecule has 0 saturated heterocycles.